The van der Waals surface area contributed by atoms with Gasteiger partial charge in [-0.3, -0.25) is 4.79 Å². The van der Waals surface area contributed by atoms with Crippen LogP contribution in [0, 0.1) is 6.92 Å². The molecule has 0 aliphatic carbocycles. The summed E-state index contributed by atoms with van der Waals surface area (Å²) in [7, 11) is 0. The number of phenolic OH excluding ortho intramolecular Hbond substituents is 1. The molecule has 0 atom stereocenters. The van der Waals surface area contributed by atoms with Crippen LogP contribution in [-0.2, 0) is 11.2 Å². The average molecular weight is 354 g/mol. The summed E-state index contributed by atoms with van der Waals surface area (Å²) < 4.78 is 10.9. The molecular formula is C20H18O6. The molecule has 0 amide bonds. The van der Waals surface area contributed by atoms with Crippen LogP contribution in [0.15, 0.2) is 40.8 Å². The summed E-state index contributed by atoms with van der Waals surface area (Å²) in [6.45, 7) is 3.20. The molecule has 0 radical (unpaired) electrons. The number of carbonyl (C=O) groups is 2. The van der Waals surface area contributed by atoms with Gasteiger partial charge in [-0.15, -0.1) is 0 Å². The van der Waals surface area contributed by atoms with Gasteiger partial charge in [-0.25, -0.2) is 4.79 Å². The zero-order valence-electron chi connectivity index (χ0n) is 14.4. The summed E-state index contributed by atoms with van der Waals surface area (Å²) in [6.07, 6.45) is 0.537. The van der Waals surface area contributed by atoms with Crippen LogP contribution in [0.1, 0.15) is 34.2 Å². The van der Waals surface area contributed by atoms with E-state index in [0.29, 0.717) is 45.6 Å². The molecule has 0 bridgehead atoms. The van der Waals surface area contributed by atoms with Crippen molar-refractivity contribution in [3.63, 3.8) is 0 Å². The standard InChI is InChI=1S/C20H18O6/c1-3-15-19(14-6-5-13(21)9-17(14)26-15)20(24)12-4-7-16(11(2)8-12)25-10-18(22)23/h4-9,21H,3,10H2,1-2H3,(H,22,23). The number of ether oxygens (including phenoxy) is 1. The van der Waals surface area contributed by atoms with Crippen molar-refractivity contribution in [2.24, 2.45) is 0 Å². The molecule has 6 nitrogen and oxygen atoms in total. The molecule has 1 heterocycles. The number of benzene rings is 2. The first-order chi connectivity index (χ1) is 12.4. The number of aromatic hydroxyl groups is 1. The minimum atomic E-state index is -1.06. The lowest BCUT2D eigenvalue weighted by atomic mass is 9.98. The molecule has 0 aliphatic heterocycles. The lowest BCUT2D eigenvalue weighted by molar-refractivity contribution is -0.139. The molecule has 3 aromatic rings. The van der Waals surface area contributed by atoms with Gasteiger partial charge in [0.2, 0.25) is 0 Å². The second kappa shape index (κ2) is 6.92. The van der Waals surface area contributed by atoms with E-state index in [9.17, 15) is 14.7 Å². The SMILES string of the molecule is CCc1oc2cc(O)ccc2c1C(=O)c1ccc(OCC(=O)O)c(C)c1. The van der Waals surface area contributed by atoms with Crippen LogP contribution in [0.5, 0.6) is 11.5 Å². The van der Waals surface area contributed by atoms with Gasteiger partial charge in [0.1, 0.15) is 22.8 Å². The number of hydrogen-bond acceptors (Lipinski definition) is 5. The highest BCUT2D eigenvalue weighted by Crippen LogP contribution is 2.31. The van der Waals surface area contributed by atoms with E-state index in [0.717, 1.165) is 0 Å². The molecule has 2 aromatic carbocycles. The number of ketones is 1. The Morgan fingerprint density at radius 2 is 1.92 bits per heavy atom. The Kier molecular flexibility index (Phi) is 4.67. The first-order valence-electron chi connectivity index (χ1n) is 8.15. The fraction of sp³-hybridized carbons (Fsp3) is 0.200. The minimum absolute atomic E-state index is 0.0729. The number of carboxylic acids is 1. The Morgan fingerprint density at radius 3 is 2.58 bits per heavy atom. The predicted molar refractivity (Wildman–Crippen MR) is 95.0 cm³/mol. The van der Waals surface area contributed by atoms with Crippen molar-refractivity contribution in [2.75, 3.05) is 6.61 Å². The van der Waals surface area contributed by atoms with Gasteiger partial charge in [0, 0.05) is 23.4 Å². The van der Waals surface area contributed by atoms with E-state index < -0.39 is 12.6 Å². The summed E-state index contributed by atoms with van der Waals surface area (Å²) in [5, 5.41) is 19.0. The Bertz CT molecular complexity index is 999. The molecule has 2 N–H and O–H groups in total. The van der Waals surface area contributed by atoms with Gasteiger partial charge in [0.05, 0.1) is 5.56 Å². The number of phenols is 1. The predicted octanol–water partition coefficient (Wildman–Crippen LogP) is 3.70. The van der Waals surface area contributed by atoms with Crippen molar-refractivity contribution in [1.82, 2.24) is 0 Å². The van der Waals surface area contributed by atoms with Gasteiger partial charge in [0.25, 0.3) is 0 Å². The maximum absolute atomic E-state index is 13.1. The zero-order valence-corrected chi connectivity index (χ0v) is 14.4. The molecule has 0 spiro atoms. The number of carbonyl (C=O) groups excluding carboxylic acids is 1. The van der Waals surface area contributed by atoms with Gasteiger partial charge < -0.3 is 19.4 Å². The molecule has 134 valence electrons. The highest BCUT2D eigenvalue weighted by molar-refractivity contribution is 6.17. The number of aryl methyl sites for hydroxylation is 2. The van der Waals surface area contributed by atoms with Gasteiger partial charge in [-0.05, 0) is 42.8 Å². The molecule has 0 saturated carbocycles. The third-order valence-electron chi connectivity index (χ3n) is 4.08. The number of rotatable bonds is 6. The molecule has 0 unspecified atom stereocenters. The van der Waals surface area contributed by atoms with Crippen molar-refractivity contribution >= 4 is 22.7 Å². The molecule has 0 saturated heterocycles. The van der Waals surface area contributed by atoms with Crippen LogP contribution in [0.3, 0.4) is 0 Å². The highest BCUT2D eigenvalue weighted by atomic mass is 16.5. The van der Waals surface area contributed by atoms with Crippen LogP contribution < -0.4 is 4.74 Å². The maximum atomic E-state index is 13.1. The quantitative estimate of drug-likeness (QED) is 0.655. The lowest BCUT2D eigenvalue weighted by Crippen LogP contribution is -2.10. The molecule has 26 heavy (non-hydrogen) atoms. The van der Waals surface area contributed by atoms with E-state index >= 15 is 0 Å². The summed E-state index contributed by atoms with van der Waals surface area (Å²) in [6, 6.07) is 9.52. The molecule has 6 heteroatoms. The fourth-order valence-electron chi connectivity index (χ4n) is 2.87. The van der Waals surface area contributed by atoms with E-state index in [4.69, 9.17) is 14.3 Å². The van der Waals surface area contributed by atoms with E-state index in [1.807, 2.05) is 6.92 Å². The second-order valence-corrected chi connectivity index (χ2v) is 5.93. The summed E-state index contributed by atoms with van der Waals surface area (Å²) in [5.41, 5.74) is 2.06. The van der Waals surface area contributed by atoms with E-state index in [-0.39, 0.29) is 11.5 Å². The largest absolute Gasteiger partial charge is 0.508 e. The van der Waals surface area contributed by atoms with Crippen molar-refractivity contribution in [1.29, 1.82) is 0 Å². The van der Waals surface area contributed by atoms with Crippen LogP contribution in [0.2, 0.25) is 0 Å². The van der Waals surface area contributed by atoms with Crippen molar-refractivity contribution in [3.05, 3.63) is 58.8 Å². The first-order valence-corrected chi connectivity index (χ1v) is 8.15. The zero-order chi connectivity index (χ0) is 18.8. The Labute approximate surface area is 149 Å². The highest BCUT2D eigenvalue weighted by Gasteiger charge is 2.22. The fourth-order valence-corrected chi connectivity index (χ4v) is 2.87. The van der Waals surface area contributed by atoms with Crippen LogP contribution in [0.25, 0.3) is 11.0 Å². The van der Waals surface area contributed by atoms with E-state index in [1.54, 1.807) is 31.2 Å². The number of aliphatic carboxylic acids is 1. The summed E-state index contributed by atoms with van der Waals surface area (Å²) in [5.74, 6) is -0.214. The first kappa shape index (κ1) is 17.5. The summed E-state index contributed by atoms with van der Waals surface area (Å²) >= 11 is 0. The Balaban J connectivity index is 2.00. The van der Waals surface area contributed by atoms with Crippen LogP contribution in [-0.4, -0.2) is 28.6 Å². The average Bonchev–Trinajstić information content (AvgIpc) is 2.97. The molecule has 0 fully saturated rings. The van der Waals surface area contributed by atoms with E-state index in [2.05, 4.69) is 0 Å². The molecular weight excluding hydrogens is 336 g/mol. The van der Waals surface area contributed by atoms with Gasteiger partial charge in [0.15, 0.2) is 12.4 Å². The smallest absolute Gasteiger partial charge is 0.341 e. The molecule has 0 aliphatic rings. The third kappa shape index (κ3) is 3.26. The second-order valence-electron chi connectivity index (χ2n) is 5.93. The van der Waals surface area contributed by atoms with Crippen LogP contribution >= 0.6 is 0 Å². The minimum Gasteiger partial charge on any atom is -0.508 e. The topological polar surface area (TPSA) is 97.0 Å². The third-order valence-corrected chi connectivity index (χ3v) is 4.08. The van der Waals surface area contributed by atoms with Gasteiger partial charge >= 0.3 is 5.97 Å². The van der Waals surface area contributed by atoms with Gasteiger partial charge in [-0.2, -0.15) is 0 Å². The van der Waals surface area contributed by atoms with Crippen LogP contribution in [0.4, 0.5) is 0 Å². The molecule has 3 rings (SSSR count). The Morgan fingerprint density at radius 1 is 1.15 bits per heavy atom. The Hall–Kier alpha value is -3.28. The van der Waals surface area contributed by atoms with Crippen molar-refractivity contribution in [3.8, 4) is 11.5 Å². The molecule has 1 aromatic heterocycles. The number of hydrogen-bond donors (Lipinski definition) is 2. The van der Waals surface area contributed by atoms with Crippen molar-refractivity contribution in [2.45, 2.75) is 20.3 Å². The van der Waals surface area contributed by atoms with Gasteiger partial charge in [-0.1, -0.05) is 6.92 Å². The summed E-state index contributed by atoms with van der Waals surface area (Å²) in [4.78, 5) is 23.7. The maximum Gasteiger partial charge on any atom is 0.341 e. The normalized spacial score (nSPS) is 10.8. The van der Waals surface area contributed by atoms with E-state index in [1.165, 1.54) is 12.1 Å². The monoisotopic (exact) mass is 354 g/mol. The van der Waals surface area contributed by atoms with Crippen molar-refractivity contribution < 1.29 is 29.0 Å². The number of furan rings is 1. The lowest BCUT2D eigenvalue weighted by Gasteiger charge is -2.09. The number of carboxylic acid groups (broad SMARTS) is 1. The number of fused-ring (bicyclic) bond motifs is 1.